The van der Waals surface area contributed by atoms with Crippen LogP contribution < -0.4 is 10.2 Å². The number of ether oxygens (including phenoxy) is 8. The smallest absolute Gasteiger partial charge is 0.397 e. The summed E-state index contributed by atoms with van der Waals surface area (Å²) in [5, 5.41) is 90.3. The van der Waals surface area contributed by atoms with Crippen LogP contribution in [0.1, 0.15) is 13.8 Å². The third kappa shape index (κ3) is 8.50. The molecule has 14 aliphatic rings. The molecular weight excluding hydrogens is 768 g/mol. The van der Waals surface area contributed by atoms with Crippen LogP contribution in [0.5, 0.6) is 0 Å². The molecule has 0 saturated carbocycles. The van der Waals surface area contributed by atoms with Gasteiger partial charge in [-0.3, -0.25) is 9.11 Å². The van der Waals surface area contributed by atoms with Gasteiger partial charge in [0.25, 0.3) is 0 Å². The Kier molecular flexibility index (Phi) is 12.2. The SMILES string of the molecule is C[C@@H]1O[C@H]2O[C@H]3[C@H](O)[C@@H](O)[C@H](O[C@@H]4[C@@H](OS(=O)(=O)O)[C@@H](O)[C@H](O[C@H]5[C@H](O)[C@@H](O)[C@H](O[C@@H]1[C@@H](OS(=O)(=O)O)[C@H]2O)O[C@@H]5C(=O)[O-])O[C@H]4C)O[C@@H]3C(=O)[O-]. The Hall–Kier alpha value is -1.88. The van der Waals surface area contributed by atoms with Gasteiger partial charge in [0, 0.05) is 0 Å². The van der Waals surface area contributed by atoms with Gasteiger partial charge in [0.15, 0.2) is 25.2 Å². The van der Waals surface area contributed by atoms with E-state index in [1.165, 1.54) is 0 Å². The maximum Gasteiger partial charge on any atom is 0.397 e. The molecule has 0 unspecified atom stereocenters. The standard InChI is InChI=1S/C24H36O26S2/c1-3-11-15(49-51(35,36)37)9(29)23(41-3)45-13-6(26)8(28)22(48-17(13)19(31)32)44-12-4(2)42-24(10(30)16(12)50-52(38,39)40)46-14-5(25)7(27)21(43-11)47-18(14)20(33)34/h3-18,21-30H,1-2H3,(H,31,32)(H,33,34)(H,35,36,37)(H,38,39,40)/p-2/t3-,4-,5+,6+,7+,8+,9+,10+,11-,12-,13-,14-,15-,16-,17-,18-,21+,22+,23-,24-/m0/s1. The van der Waals surface area contributed by atoms with E-state index in [-0.39, 0.29) is 0 Å². The van der Waals surface area contributed by atoms with Crippen molar-refractivity contribution >= 4 is 32.7 Å². The number of aliphatic hydroxyl groups is 6. The Balaban J connectivity index is 1.61. The van der Waals surface area contributed by atoms with Crippen LogP contribution in [-0.2, 0) is 76.6 Å². The van der Waals surface area contributed by atoms with Crippen molar-refractivity contribution in [2.45, 2.75) is 137 Å². The normalized spacial score (nSPS) is 49.1. The topological polar surface area (TPSA) is 403 Å². The van der Waals surface area contributed by atoms with E-state index in [4.69, 9.17) is 37.9 Å². The van der Waals surface area contributed by atoms with Gasteiger partial charge < -0.3 is 88.3 Å². The van der Waals surface area contributed by atoms with Gasteiger partial charge in [-0.05, 0) is 13.8 Å². The van der Waals surface area contributed by atoms with Crippen molar-refractivity contribution in [2.75, 3.05) is 0 Å². The number of carbonyl (C=O) groups is 2. The number of hydrogen-bond donors (Lipinski definition) is 8. The van der Waals surface area contributed by atoms with Gasteiger partial charge in [-0.25, -0.2) is 8.37 Å². The minimum absolute atomic E-state index is 1.08. The fourth-order valence-electron chi connectivity index (χ4n) is 6.28. The molecule has 28 heteroatoms. The van der Waals surface area contributed by atoms with Crippen molar-refractivity contribution in [1.29, 1.82) is 0 Å². The first-order valence-corrected chi connectivity index (χ1v) is 17.8. The summed E-state index contributed by atoms with van der Waals surface area (Å²) in [4.78, 5) is 24.4. The monoisotopic (exact) mass is 802 g/mol. The molecule has 0 aromatic rings. The van der Waals surface area contributed by atoms with Gasteiger partial charge in [0.2, 0.25) is 0 Å². The highest BCUT2D eigenvalue weighted by atomic mass is 32.3. The van der Waals surface area contributed by atoms with Crippen LogP contribution in [0.2, 0.25) is 0 Å². The first kappa shape index (κ1) is 41.3. The molecule has 14 fully saturated rings. The van der Waals surface area contributed by atoms with Crippen molar-refractivity contribution in [3.63, 3.8) is 0 Å². The largest absolute Gasteiger partial charge is 0.547 e. The highest BCUT2D eigenvalue weighted by molar-refractivity contribution is 7.81. The lowest BCUT2D eigenvalue weighted by atomic mass is 9.95. The molecule has 8 bridgehead atoms. The van der Waals surface area contributed by atoms with Gasteiger partial charge in [-0.1, -0.05) is 0 Å². The Labute approximate surface area is 292 Å². The lowest BCUT2D eigenvalue weighted by molar-refractivity contribution is -0.405. The summed E-state index contributed by atoms with van der Waals surface area (Å²) in [6, 6.07) is 0. The molecule has 0 spiro atoms. The van der Waals surface area contributed by atoms with Crippen LogP contribution in [-0.4, -0.2) is 191 Å². The minimum atomic E-state index is -5.52. The number of aliphatic carboxylic acids is 2. The highest BCUT2D eigenvalue weighted by Gasteiger charge is 2.58. The molecule has 8 N–H and O–H groups in total. The molecule has 14 saturated heterocycles. The van der Waals surface area contributed by atoms with E-state index in [1.54, 1.807) is 0 Å². The van der Waals surface area contributed by atoms with E-state index in [0.717, 1.165) is 13.8 Å². The number of carboxylic acids is 2. The first-order chi connectivity index (χ1) is 24.0. The maximum absolute atomic E-state index is 12.2. The van der Waals surface area contributed by atoms with E-state index in [1.807, 2.05) is 0 Å². The fourth-order valence-corrected chi connectivity index (χ4v) is 7.29. The quantitative estimate of drug-likeness (QED) is 0.116. The van der Waals surface area contributed by atoms with Gasteiger partial charge in [-0.2, -0.15) is 16.8 Å². The van der Waals surface area contributed by atoms with E-state index < -0.39 is 156 Å². The van der Waals surface area contributed by atoms with Crippen LogP contribution in [0.4, 0.5) is 0 Å². The predicted octanol–water partition coefficient (Wildman–Crippen LogP) is -9.48. The molecule has 0 aliphatic carbocycles. The van der Waals surface area contributed by atoms with Crippen molar-refractivity contribution < 1.29 is 123 Å². The number of aliphatic hydroxyl groups excluding tert-OH is 6. The fraction of sp³-hybridized carbons (Fsp3) is 0.917. The second kappa shape index (κ2) is 15.3. The number of carboxylic acid groups (broad SMARTS) is 2. The van der Waals surface area contributed by atoms with Crippen LogP contribution in [0, 0.1) is 0 Å². The van der Waals surface area contributed by atoms with Gasteiger partial charge in [0.05, 0.1) is 24.1 Å². The van der Waals surface area contributed by atoms with E-state index >= 15 is 0 Å². The maximum atomic E-state index is 12.2. The van der Waals surface area contributed by atoms with E-state index in [9.17, 15) is 76.4 Å². The van der Waals surface area contributed by atoms with Crippen LogP contribution in [0.15, 0.2) is 0 Å². The van der Waals surface area contributed by atoms with Gasteiger partial charge in [0.1, 0.15) is 85.5 Å². The van der Waals surface area contributed by atoms with Gasteiger partial charge >= 0.3 is 20.8 Å². The third-order valence-corrected chi connectivity index (χ3v) is 9.62. The average Bonchev–Trinajstić information content (AvgIpc) is 3.02. The summed E-state index contributed by atoms with van der Waals surface area (Å²) in [7, 11) is -11.0. The molecule has 0 radical (unpaired) electrons. The number of carbonyl (C=O) groups excluding carboxylic acids is 2. The minimum Gasteiger partial charge on any atom is -0.547 e. The molecule has 52 heavy (non-hydrogen) atoms. The van der Waals surface area contributed by atoms with E-state index in [0.29, 0.717) is 0 Å². The molecule has 14 aliphatic heterocycles. The summed E-state index contributed by atoms with van der Waals surface area (Å²) in [5.74, 6) is -4.32. The zero-order chi connectivity index (χ0) is 38.8. The van der Waals surface area contributed by atoms with Crippen molar-refractivity contribution in [2.24, 2.45) is 0 Å². The van der Waals surface area contributed by atoms with Crippen molar-refractivity contribution in [3.8, 4) is 0 Å². The Bertz CT molecular complexity index is 1420. The van der Waals surface area contributed by atoms with Crippen LogP contribution >= 0.6 is 0 Å². The summed E-state index contributed by atoms with van der Waals surface area (Å²) in [5.41, 5.74) is 0. The van der Waals surface area contributed by atoms with E-state index in [2.05, 4.69) is 8.37 Å². The zero-order valence-corrected chi connectivity index (χ0v) is 27.9. The van der Waals surface area contributed by atoms with Crippen molar-refractivity contribution in [1.82, 2.24) is 0 Å². The molecule has 0 amide bonds. The molecule has 0 aromatic carbocycles. The highest BCUT2D eigenvalue weighted by Crippen LogP contribution is 2.37. The zero-order valence-electron chi connectivity index (χ0n) is 26.3. The molecule has 20 atom stereocenters. The first-order valence-electron chi connectivity index (χ1n) is 15.0. The Morgan fingerprint density at radius 3 is 1.06 bits per heavy atom. The lowest BCUT2D eigenvalue weighted by Gasteiger charge is -2.51. The molecular formula is C24H34O26S2-2. The molecule has 14 rings (SSSR count). The molecule has 300 valence electrons. The second-order valence-corrected chi connectivity index (χ2v) is 14.3. The Morgan fingerprint density at radius 2 is 0.769 bits per heavy atom. The molecule has 14 heterocycles. The van der Waals surface area contributed by atoms with Gasteiger partial charge in [-0.15, -0.1) is 0 Å². The average molecular weight is 803 g/mol. The molecule has 0 aromatic heterocycles. The van der Waals surface area contributed by atoms with Crippen LogP contribution in [0.25, 0.3) is 0 Å². The van der Waals surface area contributed by atoms with Crippen molar-refractivity contribution in [3.05, 3.63) is 0 Å². The third-order valence-electron chi connectivity index (χ3n) is 8.69. The Morgan fingerprint density at radius 1 is 0.481 bits per heavy atom. The summed E-state index contributed by atoms with van der Waals surface area (Å²) in [6.45, 7) is 2.16. The second-order valence-electron chi connectivity index (χ2n) is 12.2. The summed E-state index contributed by atoms with van der Waals surface area (Å²) >= 11 is 0. The summed E-state index contributed by atoms with van der Waals surface area (Å²) < 4.78 is 118. The predicted molar refractivity (Wildman–Crippen MR) is 144 cm³/mol. The van der Waals surface area contributed by atoms with Crippen LogP contribution in [0.3, 0.4) is 0 Å². The lowest BCUT2D eigenvalue weighted by Crippen LogP contribution is -2.70. The summed E-state index contributed by atoms with van der Waals surface area (Å²) in [6.07, 6.45) is -45.0. The molecule has 26 nitrogen and oxygen atoms in total. The number of rotatable bonds is 6. The number of hydrogen-bond acceptors (Lipinski definition) is 24.